The third-order valence-corrected chi connectivity index (χ3v) is 3.11. The fraction of sp³-hybridized carbons (Fsp3) is 0.727. The van der Waals surface area contributed by atoms with Gasteiger partial charge < -0.3 is 15.8 Å². The van der Waals surface area contributed by atoms with Crippen molar-refractivity contribution in [3.05, 3.63) is 12.2 Å². The predicted molar refractivity (Wildman–Crippen MR) is 57.9 cm³/mol. The number of nitrogens with one attached hydrogen (secondary N) is 1. The van der Waals surface area contributed by atoms with E-state index in [1.807, 2.05) is 6.92 Å². The van der Waals surface area contributed by atoms with Crippen molar-refractivity contribution in [2.24, 2.45) is 17.6 Å². The topological polar surface area (TPSA) is 55.1 Å². The maximum Gasteiger partial charge on any atom is 0.133 e. The number of hydrogen-bond donors (Lipinski definition) is 2. The highest BCUT2D eigenvalue weighted by Crippen LogP contribution is 2.36. The summed E-state index contributed by atoms with van der Waals surface area (Å²) < 4.78 is 0. The second kappa shape index (κ2) is 4.71. The lowest BCUT2D eigenvalue weighted by molar-refractivity contribution is -0.107. The number of nitrogens with two attached hydrogens (primary N) is 1. The minimum absolute atomic E-state index is 0.153. The molecule has 0 aliphatic heterocycles. The van der Waals surface area contributed by atoms with Crippen LogP contribution in [0.25, 0.3) is 0 Å². The van der Waals surface area contributed by atoms with Crippen molar-refractivity contribution in [3.8, 4) is 0 Å². The molecule has 1 fully saturated rings. The van der Waals surface area contributed by atoms with Gasteiger partial charge in [0.15, 0.2) is 0 Å². The standard InChI is InChI=1S/C11H20N2O/c1-7-6-10(13-4-5-14)8(2)11(7)9(3)12/h5,7,9-11,13H,2,4,6,12H2,1,3H3. The van der Waals surface area contributed by atoms with Crippen LogP contribution < -0.4 is 11.1 Å². The van der Waals surface area contributed by atoms with Gasteiger partial charge >= 0.3 is 0 Å². The Bertz CT molecular complexity index is 225. The first-order chi connectivity index (χ1) is 6.57. The molecule has 0 amide bonds. The van der Waals surface area contributed by atoms with E-state index in [0.717, 1.165) is 18.3 Å². The lowest BCUT2D eigenvalue weighted by Gasteiger charge is -2.21. The molecule has 0 spiro atoms. The van der Waals surface area contributed by atoms with Crippen LogP contribution in [0.1, 0.15) is 20.3 Å². The largest absolute Gasteiger partial charge is 0.327 e. The molecule has 3 heteroatoms. The van der Waals surface area contributed by atoms with Gasteiger partial charge in [-0.05, 0) is 25.2 Å². The molecule has 1 aliphatic carbocycles. The van der Waals surface area contributed by atoms with Crippen molar-refractivity contribution in [3.63, 3.8) is 0 Å². The van der Waals surface area contributed by atoms with Gasteiger partial charge in [-0.3, -0.25) is 0 Å². The van der Waals surface area contributed by atoms with Crippen molar-refractivity contribution >= 4 is 6.29 Å². The molecule has 1 aliphatic rings. The van der Waals surface area contributed by atoms with E-state index in [9.17, 15) is 4.79 Å². The maximum atomic E-state index is 10.2. The predicted octanol–water partition coefficient (Wildman–Crippen LogP) is 0.703. The summed E-state index contributed by atoms with van der Waals surface area (Å²) in [7, 11) is 0. The third kappa shape index (κ3) is 2.22. The van der Waals surface area contributed by atoms with Crippen LogP contribution in [0.4, 0.5) is 0 Å². The summed E-state index contributed by atoms with van der Waals surface area (Å²) in [6, 6.07) is 0.423. The van der Waals surface area contributed by atoms with Gasteiger partial charge in [-0.2, -0.15) is 0 Å². The van der Waals surface area contributed by atoms with Gasteiger partial charge in [0, 0.05) is 12.1 Å². The van der Waals surface area contributed by atoms with E-state index < -0.39 is 0 Å². The molecule has 0 radical (unpaired) electrons. The highest BCUT2D eigenvalue weighted by Gasteiger charge is 2.36. The van der Waals surface area contributed by atoms with Crippen molar-refractivity contribution < 1.29 is 4.79 Å². The van der Waals surface area contributed by atoms with Crippen molar-refractivity contribution in [2.45, 2.75) is 32.4 Å². The molecule has 0 bridgehead atoms. The quantitative estimate of drug-likeness (QED) is 0.514. The molecule has 0 aromatic heterocycles. The van der Waals surface area contributed by atoms with E-state index in [2.05, 4.69) is 18.8 Å². The monoisotopic (exact) mass is 196 g/mol. The van der Waals surface area contributed by atoms with Gasteiger partial charge in [0.05, 0.1) is 6.54 Å². The molecule has 3 nitrogen and oxygen atoms in total. The highest BCUT2D eigenvalue weighted by molar-refractivity contribution is 5.52. The zero-order chi connectivity index (χ0) is 10.7. The zero-order valence-corrected chi connectivity index (χ0v) is 8.99. The Balaban J connectivity index is 2.59. The molecular weight excluding hydrogens is 176 g/mol. The van der Waals surface area contributed by atoms with E-state index in [1.165, 1.54) is 0 Å². The minimum atomic E-state index is 0.153. The summed E-state index contributed by atoms with van der Waals surface area (Å²) in [5, 5.41) is 3.17. The lowest BCUT2D eigenvalue weighted by atomic mass is 9.89. The average molecular weight is 196 g/mol. The molecule has 0 aromatic rings. The Hall–Kier alpha value is -0.670. The Labute approximate surface area is 85.7 Å². The van der Waals surface area contributed by atoms with E-state index in [4.69, 9.17) is 5.73 Å². The van der Waals surface area contributed by atoms with Gasteiger partial charge in [-0.25, -0.2) is 0 Å². The van der Waals surface area contributed by atoms with Crippen LogP contribution in [0, 0.1) is 11.8 Å². The molecule has 3 N–H and O–H groups in total. The van der Waals surface area contributed by atoms with Gasteiger partial charge in [-0.15, -0.1) is 0 Å². The first-order valence-electron chi connectivity index (χ1n) is 5.19. The molecule has 0 aromatic carbocycles. The van der Waals surface area contributed by atoms with E-state index >= 15 is 0 Å². The van der Waals surface area contributed by atoms with Crippen LogP contribution >= 0.6 is 0 Å². The molecule has 0 saturated heterocycles. The van der Waals surface area contributed by atoms with Gasteiger partial charge in [-0.1, -0.05) is 19.1 Å². The number of rotatable bonds is 4. The van der Waals surface area contributed by atoms with Crippen LogP contribution in [0.3, 0.4) is 0 Å². The molecule has 80 valence electrons. The maximum absolute atomic E-state index is 10.2. The van der Waals surface area contributed by atoms with Gasteiger partial charge in [0.25, 0.3) is 0 Å². The van der Waals surface area contributed by atoms with Gasteiger partial charge in [0.2, 0.25) is 0 Å². The highest BCUT2D eigenvalue weighted by atomic mass is 16.1. The lowest BCUT2D eigenvalue weighted by Crippen LogP contribution is -2.33. The first-order valence-corrected chi connectivity index (χ1v) is 5.19. The van der Waals surface area contributed by atoms with Crippen LogP contribution in [0.15, 0.2) is 12.2 Å². The molecule has 14 heavy (non-hydrogen) atoms. The SMILES string of the molecule is C=C1C(NCC=O)CC(C)C1C(C)N. The van der Waals surface area contributed by atoms with Crippen LogP contribution in [0.5, 0.6) is 0 Å². The summed E-state index contributed by atoms with van der Waals surface area (Å²) in [6.45, 7) is 8.71. The minimum Gasteiger partial charge on any atom is -0.327 e. The average Bonchev–Trinajstić information content (AvgIpc) is 2.38. The van der Waals surface area contributed by atoms with E-state index in [0.29, 0.717) is 18.4 Å². The molecule has 1 rings (SSSR count). The third-order valence-electron chi connectivity index (χ3n) is 3.11. The Kier molecular flexibility index (Phi) is 3.84. The van der Waals surface area contributed by atoms with Crippen LogP contribution in [0.2, 0.25) is 0 Å². The molecule has 0 heterocycles. The molecular formula is C11H20N2O. The summed E-state index contributed by atoms with van der Waals surface area (Å²) in [6.07, 6.45) is 1.93. The van der Waals surface area contributed by atoms with Gasteiger partial charge in [0.1, 0.15) is 6.29 Å². The Morgan fingerprint density at radius 1 is 1.79 bits per heavy atom. The Morgan fingerprint density at radius 2 is 2.43 bits per heavy atom. The summed E-state index contributed by atoms with van der Waals surface area (Å²) in [5.74, 6) is 0.950. The fourth-order valence-corrected chi connectivity index (χ4v) is 2.53. The fourth-order valence-electron chi connectivity index (χ4n) is 2.53. The number of aldehydes is 1. The number of hydrogen-bond acceptors (Lipinski definition) is 3. The first kappa shape index (κ1) is 11.4. The number of carbonyl (C=O) groups excluding carboxylic acids is 1. The van der Waals surface area contributed by atoms with Crippen molar-refractivity contribution in [1.82, 2.24) is 5.32 Å². The number of carbonyl (C=O) groups is 1. The summed E-state index contributed by atoms with van der Waals surface area (Å²) >= 11 is 0. The molecule has 1 saturated carbocycles. The Morgan fingerprint density at radius 3 is 2.86 bits per heavy atom. The second-order valence-electron chi connectivity index (χ2n) is 4.30. The van der Waals surface area contributed by atoms with Crippen molar-refractivity contribution in [2.75, 3.05) is 6.54 Å². The van der Waals surface area contributed by atoms with Crippen molar-refractivity contribution in [1.29, 1.82) is 0 Å². The normalized spacial score (nSPS) is 34.5. The molecule has 4 atom stereocenters. The zero-order valence-electron chi connectivity index (χ0n) is 8.99. The summed E-state index contributed by atoms with van der Waals surface area (Å²) in [5.41, 5.74) is 7.07. The second-order valence-corrected chi connectivity index (χ2v) is 4.30. The smallest absolute Gasteiger partial charge is 0.133 e. The van der Waals surface area contributed by atoms with Crippen LogP contribution in [-0.4, -0.2) is 24.9 Å². The van der Waals surface area contributed by atoms with E-state index in [1.54, 1.807) is 0 Å². The van der Waals surface area contributed by atoms with E-state index in [-0.39, 0.29) is 12.1 Å². The summed E-state index contributed by atoms with van der Waals surface area (Å²) in [4.78, 5) is 10.2. The van der Waals surface area contributed by atoms with Crippen LogP contribution in [-0.2, 0) is 4.79 Å². The molecule has 4 unspecified atom stereocenters.